The van der Waals surface area contributed by atoms with Gasteiger partial charge < -0.3 is 9.30 Å². The molecule has 0 radical (unpaired) electrons. The fourth-order valence-corrected chi connectivity index (χ4v) is 1.63. The molecule has 1 heterocycles. The van der Waals surface area contributed by atoms with Crippen molar-refractivity contribution < 1.29 is 9.53 Å². The van der Waals surface area contributed by atoms with Crippen LogP contribution in [-0.2, 0) is 0 Å². The van der Waals surface area contributed by atoms with E-state index in [2.05, 4.69) is 5.43 Å². The molecular formula is C12H13N3O2. The van der Waals surface area contributed by atoms with Crippen LogP contribution in [0.1, 0.15) is 10.5 Å². The van der Waals surface area contributed by atoms with Gasteiger partial charge in [0.25, 0.3) is 5.91 Å². The molecule has 0 fully saturated rings. The monoisotopic (exact) mass is 231 g/mol. The van der Waals surface area contributed by atoms with Crippen LogP contribution in [0.3, 0.4) is 0 Å². The predicted molar refractivity (Wildman–Crippen MR) is 64.0 cm³/mol. The minimum atomic E-state index is -0.335. The van der Waals surface area contributed by atoms with E-state index in [1.807, 2.05) is 24.3 Å². The highest BCUT2D eigenvalue weighted by Gasteiger charge is 2.10. The first-order valence-electron chi connectivity index (χ1n) is 5.09. The summed E-state index contributed by atoms with van der Waals surface area (Å²) in [5.74, 6) is 5.53. The molecule has 1 aromatic carbocycles. The standard InChI is InChI=1S/C12H13N3O2/c1-17-10-5-2-4-9(8-10)15-7-3-6-11(15)12(16)14-13/h2-8H,13H2,1H3,(H,14,16). The number of carbonyl (C=O) groups is 1. The molecule has 0 spiro atoms. The van der Waals surface area contributed by atoms with E-state index in [4.69, 9.17) is 10.6 Å². The topological polar surface area (TPSA) is 69.3 Å². The Bertz CT molecular complexity index is 534. The molecule has 2 rings (SSSR count). The number of rotatable bonds is 3. The zero-order valence-corrected chi connectivity index (χ0v) is 9.38. The minimum Gasteiger partial charge on any atom is -0.497 e. The number of nitrogens with zero attached hydrogens (tertiary/aromatic N) is 1. The quantitative estimate of drug-likeness (QED) is 0.472. The molecule has 0 unspecified atom stereocenters. The van der Waals surface area contributed by atoms with Crippen LogP contribution in [0.2, 0.25) is 0 Å². The van der Waals surface area contributed by atoms with E-state index in [0.717, 1.165) is 11.4 Å². The van der Waals surface area contributed by atoms with Crippen molar-refractivity contribution in [2.45, 2.75) is 0 Å². The molecule has 0 saturated heterocycles. The Morgan fingerprint density at radius 2 is 2.18 bits per heavy atom. The van der Waals surface area contributed by atoms with E-state index >= 15 is 0 Å². The first-order chi connectivity index (χ1) is 8.26. The first-order valence-corrected chi connectivity index (χ1v) is 5.09. The second-order valence-electron chi connectivity index (χ2n) is 3.44. The lowest BCUT2D eigenvalue weighted by Crippen LogP contribution is -2.31. The van der Waals surface area contributed by atoms with E-state index in [1.165, 1.54) is 0 Å². The normalized spacial score (nSPS) is 10.0. The molecule has 2 aromatic rings. The molecular weight excluding hydrogens is 218 g/mol. The molecule has 0 atom stereocenters. The molecule has 0 aliphatic carbocycles. The second-order valence-corrected chi connectivity index (χ2v) is 3.44. The highest BCUT2D eigenvalue weighted by Crippen LogP contribution is 2.18. The van der Waals surface area contributed by atoms with Crippen LogP contribution in [0, 0.1) is 0 Å². The van der Waals surface area contributed by atoms with E-state index in [9.17, 15) is 4.79 Å². The molecule has 0 aliphatic rings. The average molecular weight is 231 g/mol. The summed E-state index contributed by atoms with van der Waals surface area (Å²) < 4.78 is 6.88. The van der Waals surface area contributed by atoms with Gasteiger partial charge in [-0.25, -0.2) is 5.84 Å². The van der Waals surface area contributed by atoms with Crippen molar-refractivity contribution in [2.24, 2.45) is 5.84 Å². The molecule has 1 aromatic heterocycles. The lowest BCUT2D eigenvalue weighted by atomic mass is 10.3. The van der Waals surface area contributed by atoms with Crippen molar-refractivity contribution >= 4 is 5.91 Å². The van der Waals surface area contributed by atoms with Crippen molar-refractivity contribution in [1.29, 1.82) is 0 Å². The number of aromatic nitrogens is 1. The largest absolute Gasteiger partial charge is 0.497 e. The van der Waals surface area contributed by atoms with Gasteiger partial charge in [-0.2, -0.15) is 0 Å². The number of hydrogen-bond donors (Lipinski definition) is 2. The lowest BCUT2D eigenvalue weighted by molar-refractivity contribution is 0.0947. The maximum Gasteiger partial charge on any atom is 0.282 e. The predicted octanol–water partition coefficient (Wildman–Crippen LogP) is 1.09. The number of nitrogens with two attached hydrogens (primary N) is 1. The molecule has 17 heavy (non-hydrogen) atoms. The second kappa shape index (κ2) is 4.71. The molecule has 88 valence electrons. The number of hydrogen-bond acceptors (Lipinski definition) is 3. The van der Waals surface area contributed by atoms with Crippen molar-refractivity contribution in [3.05, 3.63) is 48.3 Å². The Labute approximate surface area is 98.8 Å². The minimum absolute atomic E-state index is 0.335. The van der Waals surface area contributed by atoms with Gasteiger partial charge in [0.2, 0.25) is 0 Å². The van der Waals surface area contributed by atoms with E-state index in [0.29, 0.717) is 5.69 Å². The summed E-state index contributed by atoms with van der Waals surface area (Å²) in [4.78, 5) is 11.5. The number of amides is 1. The number of carbonyl (C=O) groups excluding carboxylic acids is 1. The molecule has 0 bridgehead atoms. The van der Waals surface area contributed by atoms with Crippen LogP contribution < -0.4 is 16.0 Å². The summed E-state index contributed by atoms with van der Waals surface area (Å²) in [6.07, 6.45) is 1.79. The fraction of sp³-hybridized carbons (Fsp3) is 0.0833. The summed E-state index contributed by atoms with van der Waals surface area (Å²) in [5.41, 5.74) is 3.43. The van der Waals surface area contributed by atoms with Gasteiger partial charge >= 0.3 is 0 Å². The van der Waals surface area contributed by atoms with Crippen LogP contribution in [0.5, 0.6) is 5.75 Å². The number of methoxy groups -OCH3 is 1. The van der Waals surface area contributed by atoms with Crippen molar-refractivity contribution in [2.75, 3.05) is 7.11 Å². The number of benzene rings is 1. The summed E-state index contributed by atoms with van der Waals surface area (Å²) in [7, 11) is 1.60. The Morgan fingerprint density at radius 1 is 1.35 bits per heavy atom. The van der Waals surface area contributed by atoms with Crippen molar-refractivity contribution in [1.82, 2.24) is 9.99 Å². The number of hydrazine groups is 1. The zero-order valence-electron chi connectivity index (χ0n) is 9.38. The van der Waals surface area contributed by atoms with Crippen molar-refractivity contribution in [3.63, 3.8) is 0 Å². The van der Waals surface area contributed by atoms with E-state index in [1.54, 1.807) is 30.0 Å². The third kappa shape index (κ3) is 2.14. The average Bonchev–Trinajstić information content (AvgIpc) is 2.87. The zero-order chi connectivity index (χ0) is 12.3. The fourth-order valence-electron chi connectivity index (χ4n) is 1.63. The van der Waals surface area contributed by atoms with Gasteiger partial charge in [-0.15, -0.1) is 0 Å². The maximum atomic E-state index is 11.5. The summed E-state index contributed by atoms with van der Waals surface area (Å²) in [6, 6.07) is 10.9. The van der Waals surface area contributed by atoms with Crippen LogP contribution in [-0.4, -0.2) is 17.6 Å². The molecule has 0 aliphatic heterocycles. The Morgan fingerprint density at radius 3 is 2.88 bits per heavy atom. The third-order valence-corrected chi connectivity index (χ3v) is 2.44. The summed E-state index contributed by atoms with van der Waals surface area (Å²) in [5, 5.41) is 0. The molecule has 5 heteroatoms. The van der Waals surface area contributed by atoms with Crippen LogP contribution in [0.4, 0.5) is 0 Å². The highest BCUT2D eigenvalue weighted by molar-refractivity contribution is 5.92. The van der Waals surface area contributed by atoms with Gasteiger partial charge in [-0.1, -0.05) is 6.07 Å². The highest BCUT2D eigenvalue weighted by atomic mass is 16.5. The van der Waals surface area contributed by atoms with Gasteiger partial charge in [0.15, 0.2) is 0 Å². The van der Waals surface area contributed by atoms with Gasteiger partial charge in [-0.05, 0) is 24.3 Å². The van der Waals surface area contributed by atoms with E-state index in [-0.39, 0.29) is 5.91 Å². The third-order valence-electron chi connectivity index (χ3n) is 2.44. The lowest BCUT2D eigenvalue weighted by Gasteiger charge is -2.09. The van der Waals surface area contributed by atoms with Crippen LogP contribution in [0.15, 0.2) is 42.6 Å². The van der Waals surface area contributed by atoms with Crippen molar-refractivity contribution in [3.8, 4) is 11.4 Å². The molecule has 0 saturated carbocycles. The Balaban J connectivity index is 2.45. The number of ether oxygens (including phenoxy) is 1. The number of nitrogen functional groups attached to an aromatic ring is 1. The first kappa shape index (κ1) is 11.2. The van der Waals surface area contributed by atoms with E-state index < -0.39 is 0 Å². The molecule has 5 nitrogen and oxygen atoms in total. The SMILES string of the molecule is COc1cccc(-n2cccc2C(=O)NN)c1. The molecule has 1 amide bonds. The molecule has 3 N–H and O–H groups in total. The summed E-state index contributed by atoms with van der Waals surface area (Å²) >= 11 is 0. The number of nitrogens with one attached hydrogen (secondary N) is 1. The van der Waals surface area contributed by atoms with Crippen LogP contribution in [0.25, 0.3) is 5.69 Å². The van der Waals surface area contributed by atoms with Gasteiger partial charge in [0.05, 0.1) is 7.11 Å². The maximum absolute atomic E-state index is 11.5. The van der Waals surface area contributed by atoms with Gasteiger partial charge in [-0.3, -0.25) is 10.2 Å². The van der Waals surface area contributed by atoms with Crippen LogP contribution >= 0.6 is 0 Å². The summed E-state index contributed by atoms with van der Waals surface area (Å²) in [6.45, 7) is 0. The smallest absolute Gasteiger partial charge is 0.282 e. The Kier molecular flexibility index (Phi) is 3.11. The van der Waals surface area contributed by atoms with Gasteiger partial charge in [0.1, 0.15) is 11.4 Å². The Hall–Kier alpha value is -2.27. The van der Waals surface area contributed by atoms with Gasteiger partial charge in [0, 0.05) is 18.0 Å².